The number of carbonyl (C=O) groups is 2. The van der Waals surface area contributed by atoms with Gasteiger partial charge < -0.3 is 15.2 Å². The smallest absolute Gasteiger partial charge is 0.305 e. The number of carboxylic acids is 1. The topological polar surface area (TPSA) is 75.6 Å². The number of hydrogen-bond donors (Lipinski definition) is 2. The SMILES string of the molecule is COc1ccc([C@H](CC(=O)O)NC(=O)C2CC2)cc1. The minimum absolute atomic E-state index is 0.0536. The van der Waals surface area contributed by atoms with Gasteiger partial charge >= 0.3 is 5.97 Å². The molecule has 0 aliphatic heterocycles. The zero-order chi connectivity index (χ0) is 13.8. The maximum absolute atomic E-state index is 11.8. The summed E-state index contributed by atoms with van der Waals surface area (Å²) in [5.74, 6) is -0.222. The number of ether oxygens (including phenoxy) is 1. The highest BCUT2D eigenvalue weighted by molar-refractivity contribution is 5.82. The normalized spacial score (nSPS) is 15.6. The molecule has 102 valence electrons. The molecule has 1 atom stereocenters. The van der Waals surface area contributed by atoms with E-state index in [2.05, 4.69) is 5.32 Å². The fourth-order valence-electron chi connectivity index (χ4n) is 1.90. The fraction of sp³-hybridized carbons (Fsp3) is 0.429. The summed E-state index contributed by atoms with van der Waals surface area (Å²) in [7, 11) is 1.57. The van der Waals surface area contributed by atoms with Crippen molar-refractivity contribution in [2.75, 3.05) is 7.11 Å². The van der Waals surface area contributed by atoms with Gasteiger partial charge in [0.1, 0.15) is 5.75 Å². The summed E-state index contributed by atoms with van der Waals surface area (Å²) in [6.45, 7) is 0. The maximum Gasteiger partial charge on any atom is 0.305 e. The van der Waals surface area contributed by atoms with Crippen LogP contribution in [0, 0.1) is 5.92 Å². The number of methoxy groups -OCH3 is 1. The minimum atomic E-state index is -0.933. The van der Waals surface area contributed by atoms with Crippen molar-refractivity contribution in [2.24, 2.45) is 5.92 Å². The Bertz CT molecular complexity index is 465. The van der Waals surface area contributed by atoms with E-state index >= 15 is 0 Å². The van der Waals surface area contributed by atoms with Crippen molar-refractivity contribution in [3.05, 3.63) is 29.8 Å². The second-order valence-corrected chi connectivity index (χ2v) is 4.71. The molecule has 1 fully saturated rings. The molecule has 2 N–H and O–H groups in total. The second kappa shape index (κ2) is 5.73. The lowest BCUT2D eigenvalue weighted by Gasteiger charge is -2.17. The van der Waals surface area contributed by atoms with Crippen molar-refractivity contribution in [1.29, 1.82) is 0 Å². The molecular weight excluding hydrogens is 246 g/mol. The Hall–Kier alpha value is -2.04. The van der Waals surface area contributed by atoms with Crippen LogP contribution < -0.4 is 10.1 Å². The van der Waals surface area contributed by atoms with Gasteiger partial charge in [-0.3, -0.25) is 9.59 Å². The van der Waals surface area contributed by atoms with Gasteiger partial charge in [-0.1, -0.05) is 12.1 Å². The standard InChI is InChI=1S/C14H17NO4/c1-19-11-6-4-9(5-7-11)12(8-13(16)17)15-14(18)10-2-3-10/h4-7,10,12H,2-3,8H2,1H3,(H,15,18)(H,16,17)/t12-/m0/s1. The molecule has 0 spiro atoms. The van der Waals surface area contributed by atoms with E-state index in [4.69, 9.17) is 9.84 Å². The Labute approximate surface area is 111 Å². The predicted molar refractivity (Wildman–Crippen MR) is 68.9 cm³/mol. The summed E-state index contributed by atoms with van der Waals surface area (Å²) in [5.41, 5.74) is 0.775. The van der Waals surface area contributed by atoms with Gasteiger partial charge in [-0.2, -0.15) is 0 Å². The molecule has 1 amide bonds. The van der Waals surface area contributed by atoms with E-state index < -0.39 is 12.0 Å². The third kappa shape index (κ3) is 3.71. The average molecular weight is 263 g/mol. The van der Waals surface area contributed by atoms with Crippen LogP contribution in [0.1, 0.15) is 30.9 Å². The number of carbonyl (C=O) groups excluding carboxylic acids is 1. The summed E-state index contributed by atoms with van der Waals surface area (Å²) >= 11 is 0. The van der Waals surface area contributed by atoms with Crippen LogP contribution in [0.3, 0.4) is 0 Å². The van der Waals surface area contributed by atoms with Crippen molar-refractivity contribution < 1.29 is 19.4 Å². The van der Waals surface area contributed by atoms with Crippen LogP contribution in [0.15, 0.2) is 24.3 Å². The summed E-state index contributed by atoms with van der Waals surface area (Å²) in [5, 5.41) is 11.7. The van der Waals surface area contributed by atoms with Gasteiger partial charge in [0.15, 0.2) is 0 Å². The summed E-state index contributed by atoms with van der Waals surface area (Å²) in [6, 6.07) is 6.58. The van der Waals surface area contributed by atoms with E-state index in [0.29, 0.717) is 5.75 Å². The predicted octanol–water partition coefficient (Wildman–Crippen LogP) is 1.74. The number of aliphatic carboxylic acids is 1. The van der Waals surface area contributed by atoms with Crippen LogP contribution in [0.4, 0.5) is 0 Å². The van der Waals surface area contributed by atoms with Crippen molar-refractivity contribution >= 4 is 11.9 Å². The Morgan fingerprint density at radius 1 is 1.37 bits per heavy atom. The number of rotatable bonds is 6. The molecule has 0 aromatic heterocycles. The lowest BCUT2D eigenvalue weighted by Crippen LogP contribution is -2.31. The molecule has 5 nitrogen and oxygen atoms in total. The van der Waals surface area contributed by atoms with Crippen molar-refractivity contribution in [3.63, 3.8) is 0 Å². The van der Waals surface area contributed by atoms with Gasteiger partial charge in [0, 0.05) is 5.92 Å². The van der Waals surface area contributed by atoms with Gasteiger partial charge in [0.05, 0.1) is 19.6 Å². The lowest BCUT2D eigenvalue weighted by molar-refractivity contribution is -0.137. The van der Waals surface area contributed by atoms with Crippen LogP contribution in [0.5, 0.6) is 5.75 Å². The van der Waals surface area contributed by atoms with Crippen molar-refractivity contribution in [3.8, 4) is 5.75 Å². The third-order valence-corrected chi connectivity index (χ3v) is 3.16. The van der Waals surface area contributed by atoms with Crippen LogP contribution in [-0.4, -0.2) is 24.1 Å². The molecule has 1 saturated carbocycles. The Kier molecular flexibility index (Phi) is 4.04. The van der Waals surface area contributed by atoms with Crippen LogP contribution in [0.25, 0.3) is 0 Å². The van der Waals surface area contributed by atoms with Crippen molar-refractivity contribution in [1.82, 2.24) is 5.32 Å². The highest BCUT2D eigenvalue weighted by Gasteiger charge is 2.31. The average Bonchev–Trinajstić information content (AvgIpc) is 3.22. The monoisotopic (exact) mass is 263 g/mol. The van der Waals surface area contributed by atoms with Gasteiger partial charge in [0.25, 0.3) is 0 Å². The molecule has 1 aliphatic carbocycles. The molecule has 19 heavy (non-hydrogen) atoms. The van der Waals surface area contributed by atoms with E-state index in [1.165, 1.54) is 0 Å². The highest BCUT2D eigenvalue weighted by atomic mass is 16.5. The molecule has 1 aliphatic rings. The lowest BCUT2D eigenvalue weighted by atomic mass is 10.0. The first-order chi connectivity index (χ1) is 9.10. The van der Waals surface area contributed by atoms with E-state index in [1.54, 1.807) is 31.4 Å². The molecule has 0 radical (unpaired) electrons. The second-order valence-electron chi connectivity index (χ2n) is 4.71. The van der Waals surface area contributed by atoms with Gasteiger partial charge in [-0.05, 0) is 30.5 Å². The van der Waals surface area contributed by atoms with Gasteiger partial charge in [-0.25, -0.2) is 0 Å². The third-order valence-electron chi connectivity index (χ3n) is 3.16. The first kappa shape index (κ1) is 13.4. The number of benzene rings is 1. The zero-order valence-corrected chi connectivity index (χ0v) is 10.8. The van der Waals surface area contributed by atoms with Crippen LogP contribution in [0.2, 0.25) is 0 Å². The minimum Gasteiger partial charge on any atom is -0.497 e. The van der Waals surface area contributed by atoms with Crippen LogP contribution >= 0.6 is 0 Å². The van der Waals surface area contributed by atoms with Crippen molar-refractivity contribution in [2.45, 2.75) is 25.3 Å². The number of hydrogen-bond acceptors (Lipinski definition) is 3. The Balaban J connectivity index is 2.10. The molecule has 5 heteroatoms. The molecule has 2 rings (SSSR count). The summed E-state index contributed by atoms with van der Waals surface area (Å²) < 4.78 is 5.06. The molecule has 0 saturated heterocycles. The zero-order valence-electron chi connectivity index (χ0n) is 10.8. The van der Waals surface area contributed by atoms with Crippen LogP contribution in [-0.2, 0) is 9.59 Å². The van der Waals surface area contributed by atoms with Gasteiger partial charge in [-0.15, -0.1) is 0 Å². The highest BCUT2D eigenvalue weighted by Crippen LogP contribution is 2.30. The first-order valence-corrected chi connectivity index (χ1v) is 6.26. The van der Waals surface area contributed by atoms with E-state index in [-0.39, 0.29) is 18.2 Å². The molecule has 1 aromatic carbocycles. The molecule has 1 aromatic rings. The number of amides is 1. The fourth-order valence-corrected chi connectivity index (χ4v) is 1.90. The Morgan fingerprint density at radius 3 is 2.47 bits per heavy atom. The van der Waals surface area contributed by atoms with E-state index in [9.17, 15) is 9.59 Å². The largest absolute Gasteiger partial charge is 0.497 e. The number of nitrogens with one attached hydrogen (secondary N) is 1. The molecule has 0 bridgehead atoms. The summed E-state index contributed by atoms with van der Waals surface area (Å²) in [4.78, 5) is 22.7. The Morgan fingerprint density at radius 2 is 2.00 bits per heavy atom. The molecule has 0 heterocycles. The molecule has 0 unspecified atom stereocenters. The quantitative estimate of drug-likeness (QED) is 0.819. The maximum atomic E-state index is 11.8. The van der Waals surface area contributed by atoms with E-state index in [0.717, 1.165) is 18.4 Å². The summed E-state index contributed by atoms with van der Waals surface area (Å²) in [6.07, 6.45) is 1.67. The van der Waals surface area contributed by atoms with Gasteiger partial charge in [0.2, 0.25) is 5.91 Å². The first-order valence-electron chi connectivity index (χ1n) is 6.26. The molecular formula is C14H17NO4. The number of carboxylic acid groups (broad SMARTS) is 1. The van der Waals surface area contributed by atoms with E-state index in [1.807, 2.05) is 0 Å².